The van der Waals surface area contributed by atoms with Crippen LogP contribution in [0.15, 0.2) is 18.2 Å². The number of phenols is 1. The first kappa shape index (κ1) is 11.2. The highest BCUT2D eigenvalue weighted by molar-refractivity contribution is 5.44. The molecule has 0 amide bonds. The van der Waals surface area contributed by atoms with Crippen molar-refractivity contribution >= 4 is 0 Å². The number of hydroxylamine groups is 1. The highest BCUT2D eigenvalue weighted by Gasteiger charge is 2.24. The number of ether oxygens (including phenoxy) is 1. The van der Waals surface area contributed by atoms with Gasteiger partial charge in [0.2, 0.25) is 0 Å². The Bertz CT molecular complexity index is 365. The summed E-state index contributed by atoms with van der Waals surface area (Å²) in [7, 11) is 0. The van der Waals surface area contributed by atoms with Crippen LogP contribution in [0.25, 0.3) is 0 Å². The fourth-order valence-corrected chi connectivity index (χ4v) is 1.61. The quantitative estimate of drug-likeness (QED) is 0.766. The van der Waals surface area contributed by atoms with Gasteiger partial charge in [-0.05, 0) is 18.1 Å². The standard InChI is InChI=1S/C12H17NO3/c1-8(2)6-16-13-11-7-15-12-5-9(14)3-4-10(11)12/h3-5,8,11,13-14H,6-7H2,1-2H3. The van der Waals surface area contributed by atoms with E-state index in [9.17, 15) is 5.11 Å². The zero-order valence-corrected chi connectivity index (χ0v) is 9.56. The molecule has 4 nitrogen and oxygen atoms in total. The van der Waals surface area contributed by atoms with Gasteiger partial charge in [-0.1, -0.05) is 13.8 Å². The van der Waals surface area contributed by atoms with Crippen molar-refractivity contribution in [2.24, 2.45) is 5.92 Å². The van der Waals surface area contributed by atoms with Crippen molar-refractivity contribution in [2.75, 3.05) is 13.2 Å². The second kappa shape index (κ2) is 4.72. The van der Waals surface area contributed by atoms with E-state index in [4.69, 9.17) is 9.57 Å². The van der Waals surface area contributed by atoms with Gasteiger partial charge in [0.25, 0.3) is 0 Å². The van der Waals surface area contributed by atoms with Gasteiger partial charge in [-0.15, -0.1) is 0 Å². The molecular weight excluding hydrogens is 206 g/mol. The average Bonchev–Trinajstić information content (AvgIpc) is 2.60. The van der Waals surface area contributed by atoms with Crippen molar-refractivity contribution < 1.29 is 14.7 Å². The molecule has 1 unspecified atom stereocenters. The van der Waals surface area contributed by atoms with Gasteiger partial charge in [0, 0.05) is 11.6 Å². The monoisotopic (exact) mass is 223 g/mol. The summed E-state index contributed by atoms with van der Waals surface area (Å²) < 4.78 is 5.45. The van der Waals surface area contributed by atoms with Gasteiger partial charge < -0.3 is 14.7 Å². The molecule has 2 N–H and O–H groups in total. The molecule has 0 bridgehead atoms. The van der Waals surface area contributed by atoms with Gasteiger partial charge in [0.1, 0.15) is 18.1 Å². The first-order valence-corrected chi connectivity index (χ1v) is 5.50. The lowest BCUT2D eigenvalue weighted by Gasteiger charge is -2.12. The van der Waals surface area contributed by atoms with E-state index in [-0.39, 0.29) is 11.8 Å². The number of rotatable bonds is 4. The molecule has 0 aromatic heterocycles. The molecular formula is C12H17NO3. The van der Waals surface area contributed by atoms with Gasteiger partial charge in [-0.3, -0.25) is 0 Å². The Morgan fingerprint density at radius 1 is 1.56 bits per heavy atom. The number of aromatic hydroxyl groups is 1. The molecule has 16 heavy (non-hydrogen) atoms. The normalized spacial score (nSPS) is 18.6. The summed E-state index contributed by atoms with van der Waals surface area (Å²) in [6.45, 7) is 5.40. The van der Waals surface area contributed by atoms with Crippen LogP contribution in [-0.2, 0) is 4.84 Å². The molecule has 0 aliphatic carbocycles. The maximum atomic E-state index is 9.30. The molecule has 4 heteroatoms. The van der Waals surface area contributed by atoms with E-state index >= 15 is 0 Å². The zero-order valence-electron chi connectivity index (χ0n) is 9.56. The highest BCUT2D eigenvalue weighted by atomic mass is 16.6. The third kappa shape index (κ3) is 2.46. The van der Waals surface area contributed by atoms with Crippen molar-refractivity contribution in [2.45, 2.75) is 19.9 Å². The molecule has 0 fully saturated rings. The average molecular weight is 223 g/mol. The Kier molecular flexibility index (Phi) is 3.31. The van der Waals surface area contributed by atoms with Crippen LogP contribution in [0.4, 0.5) is 0 Å². The topological polar surface area (TPSA) is 50.7 Å². The molecule has 0 saturated heterocycles. The molecule has 88 valence electrons. The van der Waals surface area contributed by atoms with E-state index in [1.54, 1.807) is 12.1 Å². The van der Waals surface area contributed by atoms with Crippen LogP contribution in [0.2, 0.25) is 0 Å². The SMILES string of the molecule is CC(C)CONC1COc2cc(O)ccc21. The van der Waals surface area contributed by atoms with E-state index in [0.29, 0.717) is 19.1 Å². The predicted molar refractivity (Wildman–Crippen MR) is 60.3 cm³/mol. The summed E-state index contributed by atoms with van der Waals surface area (Å²) >= 11 is 0. The number of hydrogen-bond acceptors (Lipinski definition) is 4. The lowest BCUT2D eigenvalue weighted by atomic mass is 10.1. The summed E-state index contributed by atoms with van der Waals surface area (Å²) in [6, 6.07) is 5.19. The summed E-state index contributed by atoms with van der Waals surface area (Å²) in [5.74, 6) is 1.45. The fourth-order valence-electron chi connectivity index (χ4n) is 1.61. The van der Waals surface area contributed by atoms with E-state index in [2.05, 4.69) is 19.3 Å². The largest absolute Gasteiger partial charge is 0.508 e. The minimum Gasteiger partial charge on any atom is -0.508 e. The van der Waals surface area contributed by atoms with E-state index in [1.807, 2.05) is 6.07 Å². The Labute approximate surface area is 95.1 Å². The molecule has 2 rings (SSSR count). The predicted octanol–water partition coefficient (Wildman–Crippen LogP) is 2.00. The molecule has 0 radical (unpaired) electrons. The maximum absolute atomic E-state index is 9.30. The van der Waals surface area contributed by atoms with Crippen LogP contribution in [0.3, 0.4) is 0 Å². The Balaban J connectivity index is 1.95. The maximum Gasteiger partial charge on any atom is 0.128 e. The lowest BCUT2D eigenvalue weighted by molar-refractivity contribution is -0.00345. The van der Waals surface area contributed by atoms with Crippen molar-refractivity contribution in [1.82, 2.24) is 5.48 Å². The van der Waals surface area contributed by atoms with Crippen LogP contribution in [0.1, 0.15) is 25.5 Å². The summed E-state index contributed by atoms with van der Waals surface area (Å²) in [6.07, 6.45) is 0. The zero-order chi connectivity index (χ0) is 11.5. The highest BCUT2D eigenvalue weighted by Crippen LogP contribution is 2.34. The van der Waals surface area contributed by atoms with Crippen molar-refractivity contribution in [3.05, 3.63) is 23.8 Å². The summed E-state index contributed by atoms with van der Waals surface area (Å²) in [5, 5.41) is 9.30. The van der Waals surface area contributed by atoms with Crippen molar-refractivity contribution in [3.8, 4) is 11.5 Å². The smallest absolute Gasteiger partial charge is 0.128 e. The van der Waals surface area contributed by atoms with Gasteiger partial charge in [0.05, 0.1) is 12.6 Å². The molecule has 1 aliphatic rings. The first-order valence-electron chi connectivity index (χ1n) is 5.50. The van der Waals surface area contributed by atoms with Crippen LogP contribution in [0.5, 0.6) is 11.5 Å². The number of benzene rings is 1. The molecule has 1 aromatic rings. The van der Waals surface area contributed by atoms with E-state index < -0.39 is 0 Å². The van der Waals surface area contributed by atoms with Gasteiger partial charge >= 0.3 is 0 Å². The third-order valence-electron chi connectivity index (χ3n) is 2.42. The van der Waals surface area contributed by atoms with Crippen LogP contribution < -0.4 is 10.2 Å². The molecule has 1 heterocycles. The molecule has 0 spiro atoms. The van der Waals surface area contributed by atoms with Crippen molar-refractivity contribution in [3.63, 3.8) is 0 Å². The second-order valence-corrected chi connectivity index (χ2v) is 4.41. The lowest BCUT2D eigenvalue weighted by Crippen LogP contribution is -2.24. The number of fused-ring (bicyclic) bond motifs is 1. The number of nitrogens with one attached hydrogen (secondary N) is 1. The summed E-state index contributed by atoms with van der Waals surface area (Å²) in [5.41, 5.74) is 4.01. The first-order chi connectivity index (χ1) is 7.66. The summed E-state index contributed by atoms with van der Waals surface area (Å²) in [4.78, 5) is 5.37. The van der Waals surface area contributed by atoms with E-state index in [1.165, 1.54) is 0 Å². The van der Waals surface area contributed by atoms with Crippen LogP contribution in [0, 0.1) is 5.92 Å². The molecule has 1 aliphatic heterocycles. The van der Waals surface area contributed by atoms with Gasteiger partial charge in [-0.2, -0.15) is 5.48 Å². The number of phenolic OH excluding ortho intramolecular Hbond substituents is 1. The Morgan fingerprint density at radius 3 is 3.12 bits per heavy atom. The molecule has 0 saturated carbocycles. The fraction of sp³-hybridized carbons (Fsp3) is 0.500. The van der Waals surface area contributed by atoms with Gasteiger partial charge in [-0.25, -0.2) is 0 Å². The van der Waals surface area contributed by atoms with E-state index in [0.717, 1.165) is 11.3 Å². The Hall–Kier alpha value is -1.26. The number of hydrogen-bond donors (Lipinski definition) is 2. The van der Waals surface area contributed by atoms with Crippen LogP contribution in [-0.4, -0.2) is 18.3 Å². The Morgan fingerprint density at radius 2 is 2.38 bits per heavy atom. The van der Waals surface area contributed by atoms with Crippen LogP contribution >= 0.6 is 0 Å². The minimum absolute atomic E-state index is 0.0503. The molecule has 1 atom stereocenters. The third-order valence-corrected chi connectivity index (χ3v) is 2.42. The minimum atomic E-state index is 0.0503. The van der Waals surface area contributed by atoms with Crippen molar-refractivity contribution in [1.29, 1.82) is 0 Å². The second-order valence-electron chi connectivity index (χ2n) is 4.41. The molecule has 1 aromatic carbocycles. The van der Waals surface area contributed by atoms with Gasteiger partial charge in [0.15, 0.2) is 0 Å².